The number of hydrogen-bond donors (Lipinski definition) is 1. The van der Waals surface area contributed by atoms with Gasteiger partial charge in [0.05, 0.1) is 17.8 Å². The first-order valence-electron chi connectivity index (χ1n) is 8.26. The number of likely N-dealkylation sites (N-methyl/N-ethyl adjacent to an activating group) is 1. The molecule has 6 nitrogen and oxygen atoms in total. The van der Waals surface area contributed by atoms with E-state index >= 15 is 0 Å². The maximum absolute atomic E-state index is 13.0. The Balaban J connectivity index is 1.99. The average Bonchev–Trinajstić information content (AvgIpc) is 2.93. The zero-order valence-electron chi connectivity index (χ0n) is 15.0. The molecule has 3 rings (SSSR count). The maximum atomic E-state index is 13.0. The van der Waals surface area contributed by atoms with Crippen molar-refractivity contribution in [1.29, 1.82) is 0 Å². The molecule has 0 aromatic heterocycles. The van der Waals surface area contributed by atoms with Crippen molar-refractivity contribution in [1.82, 2.24) is 0 Å². The zero-order valence-corrected chi connectivity index (χ0v) is 16.5. The van der Waals surface area contributed by atoms with Gasteiger partial charge in [-0.2, -0.15) is 0 Å². The summed E-state index contributed by atoms with van der Waals surface area (Å²) in [6.07, 6.45) is 2.76. The van der Waals surface area contributed by atoms with Crippen LogP contribution in [0.3, 0.4) is 0 Å². The number of fused-ring (bicyclic) bond motifs is 1. The van der Waals surface area contributed by atoms with Crippen LogP contribution in [0.5, 0.6) is 0 Å². The van der Waals surface area contributed by atoms with Crippen LogP contribution in [-0.4, -0.2) is 31.9 Å². The van der Waals surface area contributed by atoms with E-state index in [1.807, 2.05) is 0 Å². The Labute approximate surface area is 171 Å². The summed E-state index contributed by atoms with van der Waals surface area (Å²) in [7, 11) is 2.86. The van der Waals surface area contributed by atoms with E-state index in [9.17, 15) is 14.4 Å². The number of amides is 2. The highest BCUT2D eigenvalue weighted by atomic mass is 35.5. The number of carbonyl (C=O) groups is 3. The highest BCUT2D eigenvalue weighted by Crippen LogP contribution is 2.40. The zero-order chi connectivity index (χ0) is 20.4. The number of methoxy groups -OCH3 is 1. The molecule has 0 spiro atoms. The Kier molecular flexibility index (Phi) is 5.72. The lowest BCUT2D eigenvalue weighted by Gasteiger charge is -2.13. The molecule has 1 aliphatic heterocycles. The molecule has 2 amide bonds. The molecular weight excluding hydrogens is 403 g/mol. The average molecular weight is 419 g/mol. The molecule has 0 aliphatic carbocycles. The minimum atomic E-state index is -1.08. The summed E-state index contributed by atoms with van der Waals surface area (Å²) >= 11 is 12.0. The van der Waals surface area contributed by atoms with Gasteiger partial charge in [-0.15, -0.1) is 0 Å². The van der Waals surface area contributed by atoms with Gasteiger partial charge < -0.3 is 15.0 Å². The topological polar surface area (TPSA) is 75.7 Å². The highest BCUT2D eigenvalue weighted by Gasteiger charge is 2.41. The van der Waals surface area contributed by atoms with E-state index in [4.69, 9.17) is 23.2 Å². The van der Waals surface area contributed by atoms with Crippen molar-refractivity contribution in [3.05, 3.63) is 63.6 Å². The predicted octanol–water partition coefficient (Wildman–Crippen LogP) is 3.88. The fourth-order valence-corrected chi connectivity index (χ4v) is 3.48. The number of carbonyl (C=O) groups excluding carboxylic acids is 3. The van der Waals surface area contributed by atoms with Gasteiger partial charge >= 0.3 is 5.97 Å². The monoisotopic (exact) mass is 418 g/mol. The van der Waals surface area contributed by atoms with Crippen LogP contribution >= 0.6 is 23.2 Å². The summed E-state index contributed by atoms with van der Waals surface area (Å²) in [5, 5.41) is 3.38. The van der Waals surface area contributed by atoms with Gasteiger partial charge in [0.1, 0.15) is 5.92 Å². The third-order valence-corrected chi connectivity index (χ3v) is 4.94. The molecule has 1 N–H and O–H groups in total. The van der Waals surface area contributed by atoms with Gasteiger partial charge in [-0.1, -0.05) is 35.3 Å². The molecule has 1 unspecified atom stereocenters. The Bertz CT molecular complexity index is 1000. The maximum Gasteiger partial charge on any atom is 0.330 e. The standard InChI is InChI=1S/C20H16Cl2N2O4/c1-24-15-5-3-4-11(6-9-16(25)28-2)17(15)18(20(24)27)19(26)23-14-8-7-12(21)10-13(14)22/h3-10,18H,1-2H3,(H,23,26). The first-order chi connectivity index (χ1) is 13.3. The molecule has 1 atom stereocenters. The molecule has 2 aromatic carbocycles. The van der Waals surface area contributed by atoms with Gasteiger partial charge in [0, 0.05) is 29.4 Å². The number of esters is 1. The Morgan fingerprint density at radius 3 is 2.64 bits per heavy atom. The molecule has 8 heteroatoms. The van der Waals surface area contributed by atoms with Crippen LogP contribution in [0.25, 0.3) is 6.08 Å². The van der Waals surface area contributed by atoms with Gasteiger partial charge in [0.2, 0.25) is 11.8 Å². The number of ether oxygens (including phenoxy) is 1. The molecule has 0 bridgehead atoms. The number of benzene rings is 2. The number of anilines is 2. The largest absolute Gasteiger partial charge is 0.466 e. The van der Waals surface area contributed by atoms with Crippen LogP contribution in [-0.2, 0) is 19.1 Å². The van der Waals surface area contributed by atoms with Crippen molar-refractivity contribution in [2.75, 3.05) is 24.4 Å². The molecule has 2 aromatic rings. The van der Waals surface area contributed by atoms with Gasteiger partial charge in [-0.3, -0.25) is 9.59 Å². The summed E-state index contributed by atoms with van der Waals surface area (Å²) in [6, 6.07) is 9.86. The second kappa shape index (κ2) is 8.04. The smallest absolute Gasteiger partial charge is 0.330 e. The van der Waals surface area contributed by atoms with E-state index in [2.05, 4.69) is 10.1 Å². The van der Waals surface area contributed by atoms with E-state index in [-0.39, 0.29) is 10.9 Å². The Morgan fingerprint density at radius 2 is 1.96 bits per heavy atom. The third-order valence-electron chi connectivity index (χ3n) is 4.40. The van der Waals surface area contributed by atoms with Crippen molar-refractivity contribution in [3.8, 4) is 0 Å². The fraction of sp³-hybridized carbons (Fsp3) is 0.150. The van der Waals surface area contributed by atoms with E-state index in [0.29, 0.717) is 27.5 Å². The van der Waals surface area contributed by atoms with Crippen LogP contribution in [0.4, 0.5) is 11.4 Å². The fourth-order valence-electron chi connectivity index (χ4n) is 3.02. The number of nitrogens with one attached hydrogen (secondary N) is 1. The van der Waals surface area contributed by atoms with Crippen molar-refractivity contribution in [2.24, 2.45) is 0 Å². The normalized spacial score (nSPS) is 15.6. The Hall–Kier alpha value is -2.83. The lowest BCUT2D eigenvalue weighted by Crippen LogP contribution is -2.31. The molecule has 0 saturated heterocycles. The first-order valence-corrected chi connectivity index (χ1v) is 9.01. The van der Waals surface area contributed by atoms with Crippen LogP contribution in [0, 0.1) is 0 Å². The van der Waals surface area contributed by atoms with Crippen molar-refractivity contribution < 1.29 is 19.1 Å². The quantitative estimate of drug-likeness (QED) is 0.464. The number of rotatable bonds is 4. The van der Waals surface area contributed by atoms with E-state index in [1.165, 1.54) is 30.2 Å². The van der Waals surface area contributed by atoms with Crippen molar-refractivity contribution >= 4 is 58.4 Å². The first kappa shape index (κ1) is 19.9. The highest BCUT2D eigenvalue weighted by molar-refractivity contribution is 6.37. The molecule has 0 saturated carbocycles. The van der Waals surface area contributed by atoms with Crippen molar-refractivity contribution in [2.45, 2.75) is 5.92 Å². The molecular formula is C20H16Cl2N2O4. The molecule has 28 heavy (non-hydrogen) atoms. The summed E-state index contributed by atoms with van der Waals surface area (Å²) in [5.74, 6) is -2.52. The van der Waals surface area contributed by atoms with Gasteiger partial charge in [-0.25, -0.2) is 4.79 Å². The minimum absolute atomic E-state index is 0.263. The minimum Gasteiger partial charge on any atom is -0.466 e. The summed E-state index contributed by atoms with van der Waals surface area (Å²) in [6.45, 7) is 0. The van der Waals surface area contributed by atoms with E-state index in [1.54, 1.807) is 37.4 Å². The predicted molar refractivity (Wildman–Crippen MR) is 109 cm³/mol. The second-order valence-corrected chi connectivity index (χ2v) is 6.92. The summed E-state index contributed by atoms with van der Waals surface area (Å²) in [5.41, 5.74) is 2.03. The molecule has 144 valence electrons. The van der Waals surface area contributed by atoms with Gasteiger partial charge in [0.15, 0.2) is 0 Å². The number of hydrogen-bond acceptors (Lipinski definition) is 4. The lowest BCUT2D eigenvalue weighted by atomic mass is 9.94. The summed E-state index contributed by atoms with van der Waals surface area (Å²) in [4.78, 5) is 38.6. The lowest BCUT2D eigenvalue weighted by molar-refractivity contribution is -0.134. The number of nitrogens with zero attached hydrogens (tertiary/aromatic N) is 1. The van der Waals surface area contributed by atoms with Crippen LogP contribution < -0.4 is 10.2 Å². The third kappa shape index (κ3) is 3.74. The van der Waals surface area contributed by atoms with Crippen LogP contribution in [0.15, 0.2) is 42.5 Å². The van der Waals surface area contributed by atoms with E-state index in [0.717, 1.165) is 0 Å². The molecule has 1 aliphatic rings. The number of halogens is 2. The van der Waals surface area contributed by atoms with Gasteiger partial charge in [0.25, 0.3) is 0 Å². The summed E-state index contributed by atoms with van der Waals surface area (Å²) < 4.78 is 4.60. The molecule has 1 heterocycles. The van der Waals surface area contributed by atoms with Gasteiger partial charge in [-0.05, 0) is 35.9 Å². The van der Waals surface area contributed by atoms with Crippen molar-refractivity contribution in [3.63, 3.8) is 0 Å². The second-order valence-electron chi connectivity index (χ2n) is 6.08. The van der Waals surface area contributed by atoms with Crippen LogP contribution in [0.2, 0.25) is 10.0 Å². The van der Waals surface area contributed by atoms with Crippen LogP contribution in [0.1, 0.15) is 17.0 Å². The van der Waals surface area contributed by atoms with E-state index < -0.39 is 17.8 Å². The molecule has 0 fully saturated rings. The molecule has 0 radical (unpaired) electrons. The SMILES string of the molecule is COC(=O)C=Cc1cccc2c1C(C(=O)Nc1ccc(Cl)cc1Cl)C(=O)N2C. The Morgan fingerprint density at radius 1 is 1.21 bits per heavy atom.